The molecule has 2 amide bonds. The Morgan fingerprint density at radius 3 is 2.83 bits per heavy atom. The van der Waals surface area contributed by atoms with Gasteiger partial charge < -0.3 is 15.5 Å². The molecule has 0 spiro atoms. The van der Waals surface area contributed by atoms with Gasteiger partial charge in [-0.05, 0) is 49.8 Å². The van der Waals surface area contributed by atoms with E-state index >= 15 is 0 Å². The highest BCUT2D eigenvalue weighted by Gasteiger charge is 2.24. The van der Waals surface area contributed by atoms with Crippen LogP contribution in [0.15, 0.2) is 18.2 Å². The van der Waals surface area contributed by atoms with E-state index < -0.39 is 0 Å². The molecule has 2 atom stereocenters. The molecule has 1 heterocycles. The summed E-state index contributed by atoms with van der Waals surface area (Å²) < 4.78 is 0. The van der Waals surface area contributed by atoms with Gasteiger partial charge in [-0.3, -0.25) is 0 Å². The van der Waals surface area contributed by atoms with Crippen molar-refractivity contribution in [2.45, 2.75) is 40.2 Å². The predicted molar refractivity (Wildman–Crippen MR) is 97.3 cm³/mol. The van der Waals surface area contributed by atoms with Crippen LogP contribution in [0.25, 0.3) is 0 Å². The first-order valence-electron chi connectivity index (χ1n) is 8.42. The summed E-state index contributed by atoms with van der Waals surface area (Å²) in [6.07, 6.45) is 1.09. The lowest BCUT2D eigenvalue weighted by atomic mass is 10.1. The zero-order valence-electron chi connectivity index (χ0n) is 14.5. The number of amides is 2. The summed E-state index contributed by atoms with van der Waals surface area (Å²) in [5.74, 6) is 0.919. The molecule has 1 aliphatic heterocycles. The minimum absolute atomic E-state index is 0.0661. The van der Waals surface area contributed by atoms with Crippen LogP contribution >= 0.6 is 11.6 Å². The summed E-state index contributed by atoms with van der Waals surface area (Å²) in [6, 6.07) is 6.14. The van der Waals surface area contributed by atoms with Crippen LogP contribution in [0.5, 0.6) is 0 Å². The van der Waals surface area contributed by atoms with Crippen LogP contribution in [0.1, 0.15) is 32.8 Å². The molecular formula is C18H28ClN3O. The summed E-state index contributed by atoms with van der Waals surface area (Å²) in [7, 11) is 0. The SMILES string of the molecule is Cc1ccc(Cl)cc1N1CCC(CNC(=O)NC(C)C(C)C)C1. The third-order valence-electron chi connectivity index (χ3n) is 4.71. The highest BCUT2D eigenvalue weighted by molar-refractivity contribution is 6.30. The van der Waals surface area contributed by atoms with Gasteiger partial charge in [0.05, 0.1) is 0 Å². The lowest BCUT2D eigenvalue weighted by molar-refractivity contribution is 0.233. The number of nitrogens with zero attached hydrogens (tertiary/aromatic N) is 1. The van der Waals surface area contributed by atoms with E-state index in [-0.39, 0.29) is 12.1 Å². The largest absolute Gasteiger partial charge is 0.371 e. The molecule has 2 unspecified atom stereocenters. The molecule has 0 aliphatic carbocycles. The van der Waals surface area contributed by atoms with Gasteiger partial charge in [0.1, 0.15) is 0 Å². The molecule has 1 aromatic carbocycles. The summed E-state index contributed by atoms with van der Waals surface area (Å²) in [4.78, 5) is 14.3. The monoisotopic (exact) mass is 337 g/mol. The molecule has 1 saturated heterocycles. The number of halogens is 1. The van der Waals surface area contributed by atoms with Crippen molar-refractivity contribution < 1.29 is 4.79 Å². The Hall–Kier alpha value is -1.42. The fourth-order valence-electron chi connectivity index (χ4n) is 2.80. The van der Waals surface area contributed by atoms with Crippen LogP contribution in [0, 0.1) is 18.8 Å². The molecule has 0 radical (unpaired) electrons. The van der Waals surface area contributed by atoms with Gasteiger partial charge in [-0.15, -0.1) is 0 Å². The summed E-state index contributed by atoms with van der Waals surface area (Å²) >= 11 is 6.12. The smallest absolute Gasteiger partial charge is 0.315 e. The van der Waals surface area contributed by atoms with E-state index in [1.54, 1.807) is 0 Å². The van der Waals surface area contributed by atoms with Crippen molar-refractivity contribution in [3.8, 4) is 0 Å². The average Bonchev–Trinajstić information content (AvgIpc) is 2.96. The molecule has 1 aliphatic rings. The number of rotatable bonds is 5. The van der Waals surface area contributed by atoms with Crippen LogP contribution in [0.3, 0.4) is 0 Å². The number of carbonyl (C=O) groups is 1. The van der Waals surface area contributed by atoms with Crippen molar-refractivity contribution in [1.82, 2.24) is 10.6 Å². The lowest BCUT2D eigenvalue weighted by Crippen LogP contribution is -2.44. The Kier molecular flexibility index (Phi) is 6.17. The van der Waals surface area contributed by atoms with E-state index in [4.69, 9.17) is 11.6 Å². The molecule has 2 rings (SSSR count). The molecule has 0 saturated carbocycles. The normalized spacial score (nSPS) is 19.0. The molecule has 1 aromatic rings. The maximum atomic E-state index is 11.9. The Morgan fingerprint density at radius 1 is 1.39 bits per heavy atom. The van der Waals surface area contributed by atoms with E-state index in [0.29, 0.717) is 18.4 Å². The molecule has 23 heavy (non-hydrogen) atoms. The Morgan fingerprint density at radius 2 is 2.13 bits per heavy atom. The van der Waals surface area contributed by atoms with Gasteiger partial charge in [-0.1, -0.05) is 31.5 Å². The molecule has 128 valence electrons. The minimum Gasteiger partial charge on any atom is -0.371 e. The second kappa shape index (κ2) is 7.91. The topological polar surface area (TPSA) is 44.4 Å². The number of anilines is 1. The first kappa shape index (κ1) is 17.9. The quantitative estimate of drug-likeness (QED) is 0.858. The van der Waals surface area contributed by atoms with Gasteiger partial charge in [-0.25, -0.2) is 4.79 Å². The van der Waals surface area contributed by atoms with Crippen molar-refractivity contribution in [2.75, 3.05) is 24.5 Å². The number of hydrogen-bond donors (Lipinski definition) is 2. The van der Waals surface area contributed by atoms with E-state index in [9.17, 15) is 4.79 Å². The summed E-state index contributed by atoms with van der Waals surface area (Å²) in [5, 5.41) is 6.76. The maximum Gasteiger partial charge on any atom is 0.315 e. The van der Waals surface area contributed by atoms with Crippen molar-refractivity contribution in [3.05, 3.63) is 28.8 Å². The van der Waals surface area contributed by atoms with Gasteiger partial charge in [0.15, 0.2) is 0 Å². The first-order valence-corrected chi connectivity index (χ1v) is 8.80. The Labute approximate surface area is 144 Å². The van der Waals surface area contributed by atoms with E-state index in [1.165, 1.54) is 11.3 Å². The Balaban J connectivity index is 1.82. The number of hydrogen-bond acceptors (Lipinski definition) is 2. The van der Waals surface area contributed by atoms with Gasteiger partial charge in [0.2, 0.25) is 0 Å². The average molecular weight is 338 g/mol. The van der Waals surface area contributed by atoms with Crippen LogP contribution in [0.4, 0.5) is 10.5 Å². The van der Waals surface area contributed by atoms with Gasteiger partial charge in [0, 0.05) is 36.4 Å². The molecule has 5 heteroatoms. The van der Waals surface area contributed by atoms with E-state index in [2.05, 4.69) is 42.4 Å². The molecule has 0 aromatic heterocycles. The number of carbonyl (C=O) groups excluding carboxylic acids is 1. The van der Waals surface area contributed by atoms with Crippen LogP contribution < -0.4 is 15.5 Å². The second-order valence-corrected chi connectivity index (χ2v) is 7.36. The third-order valence-corrected chi connectivity index (χ3v) is 4.94. The van der Waals surface area contributed by atoms with Crippen molar-refractivity contribution in [3.63, 3.8) is 0 Å². The fraction of sp³-hybridized carbons (Fsp3) is 0.611. The first-order chi connectivity index (χ1) is 10.9. The fourth-order valence-corrected chi connectivity index (χ4v) is 2.97. The van der Waals surface area contributed by atoms with Gasteiger partial charge in [0.25, 0.3) is 0 Å². The van der Waals surface area contributed by atoms with Crippen LogP contribution in [0.2, 0.25) is 5.02 Å². The van der Waals surface area contributed by atoms with Gasteiger partial charge >= 0.3 is 6.03 Å². The number of aryl methyl sites for hydroxylation is 1. The zero-order chi connectivity index (χ0) is 17.0. The van der Waals surface area contributed by atoms with Gasteiger partial charge in [-0.2, -0.15) is 0 Å². The summed E-state index contributed by atoms with van der Waals surface area (Å²) in [6.45, 7) is 11.0. The Bertz CT molecular complexity index is 547. The van der Waals surface area contributed by atoms with Crippen molar-refractivity contribution >= 4 is 23.3 Å². The number of nitrogens with one attached hydrogen (secondary N) is 2. The van der Waals surface area contributed by atoms with Crippen molar-refractivity contribution in [1.29, 1.82) is 0 Å². The molecule has 2 N–H and O–H groups in total. The number of urea groups is 1. The highest BCUT2D eigenvalue weighted by Crippen LogP contribution is 2.29. The second-order valence-electron chi connectivity index (χ2n) is 6.92. The standard InChI is InChI=1S/C18H28ClN3O/c1-12(2)14(4)21-18(23)20-10-15-7-8-22(11-15)17-9-16(19)6-5-13(17)3/h5-6,9,12,14-15H,7-8,10-11H2,1-4H3,(H2,20,21,23). The minimum atomic E-state index is -0.0661. The predicted octanol–water partition coefficient (Wildman–Crippen LogP) is 3.82. The molecular weight excluding hydrogens is 310 g/mol. The highest BCUT2D eigenvalue weighted by atomic mass is 35.5. The molecule has 4 nitrogen and oxygen atoms in total. The zero-order valence-corrected chi connectivity index (χ0v) is 15.3. The van der Waals surface area contributed by atoms with Crippen LogP contribution in [-0.2, 0) is 0 Å². The maximum absolute atomic E-state index is 11.9. The molecule has 0 bridgehead atoms. The van der Waals surface area contributed by atoms with Crippen molar-refractivity contribution in [2.24, 2.45) is 11.8 Å². The van der Waals surface area contributed by atoms with E-state index in [0.717, 1.165) is 24.5 Å². The van der Waals surface area contributed by atoms with E-state index in [1.807, 2.05) is 19.1 Å². The molecule has 1 fully saturated rings. The number of benzene rings is 1. The third kappa shape index (κ3) is 5.03. The summed E-state index contributed by atoms with van der Waals surface area (Å²) in [5.41, 5.74) is 2.45. The lowest BCUT2D eigenvalue weighted by Gasteiger charge is -2.22. The van der Waals surface area contributed by atoms with Crippen LogP contribution in [-0.4, -0.2) is 31.7 Å².